The van der Waals surface area contributed by atoms with Crippen LogP contribution >= 0.6 is 0 Å². The first-order valence-electron chi connectivity index (χ1n) is 7.98. The Morgan fingerprint density at radius 3 is 2.36 bits per heavy atom. The van der Waals surface area contributed by atoms with Crippen molar-refractivity contribution in [2.75, 3.05) is 5.32 Å². The number of benzene rings is 2. The van der Waals surface area contributed by atoms with E-state index in [0.29, 0.717) is 6.54 Å². The molecule has 1 heterocycles. The Hall–Kier alpha value is -3.34. The monoisotopic (exact) mass is 333 g/mol. The lowest BCUT2D eigenvalue weighted by Crippen LogP contribution is -2.28. The predicted molar refractivity (Wildman–Crippen MR) is 97.8 cm³/mol. The second kappa shape index (κ2) is 7.97. The molecule has 2 N–H and O–H groups in total. The maximum Gasteiger partial charge on any atom is 0.319 e. The Kier molecular flexibility index (Phi) is 5.26. The van der Waals surface area contributed by atoms with E-state index in [4.69, 9.17) is 4.74 Å². The standard InChI is InChI=1S/C20H19N3O2/c1-15-4-2-3-5-19(15)23-20(24)22-14-16-6-8-17(9-7-16)25-18-10-12-21-13-11-18/h2-13H,14H2,1H3,(H2,22,23,24). The van der Waals surface area contributed by atoms with Crippen molar-refractivity contribution in [3.8, 4) is 11.5 Å². The molecule has 0 unspecified atom stereocenters. The number of carbonyl (C=O) groups excluding carboxylic acids is 1. The fourth-order valence-electron chi connectivity index (χ4n) is 2.28. The van der Waals surface area contributed by atoms with E-state index in [1.165, 1.54) is 0 Å². The van der Waals surface area contributed by atoms with Crippen molar-refractivity contribution in [1.82, 2.24) is 10.3 Å². The molecule has 25 heavy (non-hydrogen) atoms. The Balaban J connectivity index is 1.51. The number of nitrogens with zero attached hydrogens (tertiary/aromatic N) is 1. The van der Waals surface area contributed by atoms with Gasteiger partial charge < -0.3 is 15.4 Å². The number of hydrogen-bond acceptors (Lipinski definition) is 3. The molecule has 2 amide bonds. The first-order chi connectivity index (χ1) is 12.2. The summed E-state index contributed by atoms with van der Waals surface area (Å²) in [4.78, 5) is 15.9. The molecule has 126 valence electrons. The van der Waals surface area contributed by atoms with Crippen LogP contribution in [0.2, 0.25) is 0 Å². The first kappa shape index (κ1) is 16.5. The van der Waals surface area contributed by atoms with Gasteiger partial charge in [0.05, 0.1) is 0 Å². The van der Waals surface area contributed by atoms with Crippen LogP contribution in [0.4, 0.5) is 10.5 Å². The Labute approximate surface area is 146 Å². The van der Waals surface area contributed by atoms with Crippen molar-refractivity contribution >= 4 is 11.7 Å². The lowest BCUT2D eigenvalue weighted by molar-refractivity contribution is 0.251. The average molecular weight is 333 g/mol. The fourth-order valence-corrected chi connectivity index (χ4v) is 2.28. The van der Waals surface area contributed by atoms with E-state index < -0.39 is 0 Å². The van der Waals surface area contributed by atoms with Gasteiger partial charge in [-0.05, 0) is 48.4 Å². The zero-order valence-electron chi connectivity index (χ0n) is 13.9. The highest BCUT2D eigenvalue weighted by molar-refractivity contribution is 5.89. The summed E-state index contributed by atoms with van der Waals surface area (Å²) in [6.07, 6.45) is 3.36. The van der Waals surface area contributed by atoms with Crippen molar-refractivity contribution < 1.29 is 9.53 Å². The molecule has 0 saturated carbocycles. The molecule has 5 heteroatoms. The van der Waals surface area contributed by atoms with Gasteiger partial charge >= 0.3 is 6.03 Å². The van der Waals surface area contributed by atoms with Gasteiger partial charge in [-0.2, -0.15) is 0 Å². The Morgan fingerprint density at radius 1 is 0.960 bits per heavy atom. The zero-order chi connectivity index (χ0) is 17.5. The van der Waals surface area contributed by atoms with Gasteiger partial charge in [0, 0.05) is 24.6 Å². The summed E-state index contributed by atoms with van der Waals surface area (Å²) >= 11 is 0. The maximum absolute atomic E-state index is 12.0. The molecule has 0 aliphatic heterocycles. The van der Waals surface area contributed by atoms with Crippen LogP contribution in [0.15, 0.2) is 73.1 Å². The summed E-state index contributed by atoms with van der Waals surface area (Å²) in [5.74, 6) is 1.47. The fraction of sp³-hybridized carbons (Fsp3) is 0.100. The van der Waals surface area contributed by atoms with Gasteiger partial charge in [-0.15, -0.1) is 0 Å². The summed E-state index contributed by atoms with van der Waals surface area (Å²) in [5, 5.41) is 5.69. The minimum atomic E-state index is -0.230. The quantitative estimate of drug-likeness (QED) is 0.722. The largest absolute Gasteiger partial charge is 0.457 e. The number of ether oxygens (including phenoxy) is 1. The van der Waals surface area contributed by atoms with Crippen LogP contribution in [0.1, 0.15) is 11.1 Å². The molecule has 5 nitrogen and oxygen atoms in total. The van der Waals surface area contributed by atoms with Gasteiger partial charge in [0.15, 0.2) is 0 Å². The molecule has 0 aliphatic carbocycles. The Morgan fingerprint density at radius 2 is 1.64 bits per heavy atom. The number of anilines is 1. The second-order valence-electron chi connectivity index (χ2n) is 5.55. The Bertz CT molecular complexity index is 833. The number of pyridine rings is 1. The third-order valence-electron chi connectivity index (χ3n) is 3.66. The molecule has 0 bridgehead atoms. The molecule has 3 aromatic rings. The molecule has 0 spiro atoms. The van der Waals surface area contributed by atoms with Gasteiger partial charge in [0.25, 0.3) is 0 Å². The molecule has 0 fully saturated rings. The smallest absolute Gasteiger partial charge is 0.319 e. The number of aromatic nitrogens is 1. The van der Waals surface area contributed by atoms with E-state index in [9.17, 15) is 4.79 Å². The van der Waals surface area contributed by atoms with Crippen molar-refractivity contribution in [2.24, 2.45) is 0 Å². The van der Waals surface area contributed by atoms with Crippen molar-refractivity contribution in [3.05, 3.63) is 84.2 Å². The third kappa shape index (κ3) is 4.81. The van der Waals surface area contributed by atoms with Crippen molar-refractivity contribution in [1.29, 1.82) is 0 Å². The van der Waals surface area contributed by atoms with Crippen LogP contribution in [0.5, 0.6) is 11.5 Å². The van der Waals surface area contributed by atoms with Crippen molar-refractivity contribution in [3.63, 3.8) is 0 Å². The average Bonchev–Trinajstić information content (AvgIpc) is 2.64. The zero-order valence-corrected chi connectivity index (χ0v) is 13.9. The SMILES string of the molecule is Cc1ccccc1NC(=O)NCc1ccc(Oc2ccncc2)cc1. The van der Waals surface area contributed by atoms with Gasteiger partial charge in [-0.25, -0.2) is 4.79 Å². The highest BCUT2D eigenvalue weighted by atomic mass is 16.5. The predicted octanol–water partition coefficient (Wildman–Crippen LogP) is 4.50. The number of aryl methyl sites for hydroxylation is 1. The van der Waals surface area contributed by atoms with Crippen LogP contribution < -0.4 is 15.4 Å². The summed E-state index contributed by atoms with van der Waals surface area (Å²) < 4.78 is 5.71. The van der Waals surface area contributed by atoms with Crippen LogP contribution in [-0.2, 0) is 6.54 Å². The number of urea groups is 1. The summed E-state index contributed by atoms with van der Waals surface area (Å²) in [7, 11) is 0. The van der Waals surface area contributed by atoms with Crippen molar-refractivity contribution in [2.45, 2.75) is 13.5 Å². The highest BCUT2D eigenvalue weighted by Crippen LogP contribution is 2.20. The van der Waals surface area contributed by atoms with Gasteiger partial charge in [-0.3, -0.25) is 4.98 Å². The van der Waals surface area contributed by atoms with E-state index in [2.05, 4.69) is 15.6 Å². The van der Waals surface area contributed by atoms with Crippen LogP contribution in [-0.4, -0.2) is 11.0 Å². The second-order valence-corrected chi connectivity index (χ2v) is 5.55. The maximum atomic E-state index is 12.0. The van der Waals surface area contributed by atoms with E-state index >= 15 is 0 Å². The van der Waals surface area contributed by atoms with Crippen LogP contribution in [0.3, 0.4) is 0 Å². The number of amides is 2. The normalized spacial score (nSPS) is 10.1. The van der Waals surface area contributed by atoms with Crippen LogP contribution in [0, 0.1) is 6.92 Å². The van der Waals surface area contributed by atoms with Gasteiger partial charge in [-0.1, -0.05) is 30.3 Å². The lowest BCUT2D eigenvalue weighted by Gasteiger charge is -2.10. The summed E-state index contributed by atoms with van der Waals surface area (Å²) in [6.45, 7) is 2.39. The first-order valence-corrected chi connectivity index (χ1v) is 7.98. The molecule has 0 saturated heterocycles. The molecule has 2 aromatic carbocycles. The molecule has 3 rings (SSSR count). The number of para-hydroxylation sites is 1. The highest BCUT2D eigenvalue weighted by Gasteiger charge is 2.04. The molecule has 0 radical (unpaired) electrons. The van der Waals surface area contributed by atoms with Gasteiger partial charge in [0.1, 0.15) is 11.5 Å². The molecular formula is C20H19N3O2. The third-order valence-corrected chi connectivity index (χ3v) is 3.66. The minimum absolute atomic E-state index is 0.230. The number of rotatable bonds is 5. The molecule has 1 aromatic heterocycles. The number of nitrogens with one attached hydrogen (secondary N) is 2. The molecular weight excluding hydrogens is 314 g/mol. The van der Waals surface area contributed by atoms with Crippen LogP contribution in [0.25, 0.3) is 0 Å². The van der Waals surface area contributed by atoms with E-state index in [1.807, 2.05) is 55.5 Å². The van der Waals surface area contributed by atoms with E-state index in [-0.39, 0.29) is 6.03 Å². The minimum Gasteiger partial charge on any atom is -0.457 e. The van der Waals surface area contributed by atoms with Gasteiger partial charge in [0.2, 0.25) is 0 Å². The van der Waals surface area contributed by atoms with E-state index in [1.54, 1.807) is 24.5 Å². The number of carbonyl (C=O) groups is 1. The van der Waals surface area contributed by atoms with E-state index in [0.717, 1.165) is 28.3 Å². The summed E-state index contributed by atoms with van der Waals surface area (Å²) in [6, 6.07) is 18.6. The number of hydrogen-bond donors (Lipinski definition) is 2. The topological polar surface area (TPSA) is 63.2 Å². The molecule has 0 aliphatic rings. The lowest BCUT2D eigenvalue weighted by atomic mass is 10.2. The molecule has 0 atom stereocenters. The summed E-state index contributed by atoms with van der Waals surface area (Å²) in [5.41, 5.74) is 2.82.